The number of nitrogens with zero attached hydrogens (tertiary/aromatic N) is 2. The number of aromatic nitrogens is 2. The van der Waals surface area contributed by atoms with E-state index in [1.807, 2.05) is 13.0 Å². The molecule has 5 heteroatoms. The molecule has 0 aliphatic carbocycles. The van der Waals surface area contributed by atoms with Crippen LogP contribution in [0.3, 0.4) is 0 Å². The van der Waals surface area contributed by atoms with Crippen molar-refractivity contribution in [2.45, 2.75) is 33.2 Å². The highest BCUT2D eigenvalue weighted by Crippen LogP contribution is 2.28. The van der Waals surface area contributed by atoms with E-state index in [0.717, 1.165) is 29.3 Å². The minimum absolute atomic E-state index is 0.227. The van der Waals surface area contributed by atoms with Crippen LogP contribution in [0, 0.1) is 5.82 Å². The number of anilines is 2. The van der Waals surface area contributed by atoms with Gasteiger partial charge in [0.25, 0.3) is 0 Å². The van der Waals surface area contributed by atoms with Gasteiger partial charge < -0.3 is 10.6 Å². The molecule has 0 unspecified atom stereocenters. The molecular formula is C16H21FN4. The molecule has 1 aromatic heterocycles. The molecule has 0 atom stereocenters. The molecule has 2 aromatic rings. The van der Waals surface area contributed by atoms with Gasteiger partial charge in [-0.15, -0.1) is 0 Å². The van der Waals surface area contributed by atoms with Gasteiger partial charge in [-0.05, 0) is 30.5 Å². The fraction of sp³-hybridized carbons (Fsp3) is 0.375. The van der Waals surface area contributed by atoms with Crippen LogP contribution in [0.1, 0.15) is 37.8 Å². The molecule has 112 valence electrons. The number of rotatable bonds is 6. The van der Waals surface area contributed by atoms with Gasteiger partial charge in [0, 0.05) is 18.7 Å². The third-order valence-electron chi connectivity index (χ3n) is 3.15. The van der Waals surface area contributed by atoms with E-state index in [4.69, 9.17) is 0 Å². The van der Waals surface area contributed by atoms with Gasteiger partial charge >= 0.3 is 0 Å². The monoisotopic (exact) mass is 288 g/mol. The molecule has 1 aromatic carbocycles. The zero-order chi connectivity index (χ0) is 15.2. The molecule has 0 fully saturated rings. The smallest absolute Gasteiger partial charge is 0.135 e. The first kappa shape index (κ1) is 15.2. The Balaban J connectivity index is 2.21. The normalized spacial score (nSPS) is 10.7. The highest BCUT2D eigenvalue weighted by molar-refractivity contribution is 5.59. The van der Waals surface area contributed by atoms with E-state index in [2.05, 4.69) is 34.4 Å². The fourth-order valence-electron chi connectivity index (χ4n) is 2.22. The van der Waals surface area contributed by atoms with E-state index >= 15 is 0 Å². The molecule has 0 spiro atoms. The second kappa shape index (κ2) is 7.02. The Morgan fingerprint density at radius 2 is 1.86 bits per heavy atom. The average Bonchev–Trinajstić information content (AvgIpc) is 2.45. The third kappa shape index (κ3) is 3.90. The summed E-state index contributed by atoms with van der Waals surface area (Å²) >= 11 is 0. The molecular weight excluding hydrogens is 267 g/mol. The van der Waals surface area contributed by atoms with Crippen LogP contribution in [0.5, 0.6) is 0 Å². The molecule has 2 rings (SSSR count). The van der Waals surface area contributed by atoms with Gasteiger partial charge in [-0.3, -0.25) is 0 Å². The molecule has 0 saturated heterocycles. The molecule has 4 nitrogen and oxygen atoms in total. The maximum absolute atomic E-state index is 13.2. The van der Waals surface area contributed by atoms with Crippen molar-refractivity contribution in [2.24, 2.45) is 0 Å². The lowest BCUT2D eigenvalue weighted by Gasteiger charge is -2.17. The minimum atomic E-state index is -0.227. The highest BCUT2D eigenvalue weighted by atomic mass is 19.1. The second-order valence-corrected chi connectivity index (χ2v) is 5.15. The summed E-state index contributed by atoms with van der Waals surface area (Å²) < 4.78 is 13.2. The maximum Gasteiger partial charge on any atom is 0.135 e. The van der Waals surface area contributed by atoms with Crippen molar-refractivity contribution in [1.82, 2.24) is 9.97 Å². The summed E-state index contributed by atoms with van der Waals surface area (Å²) in [6.07, 6.45) is 1.54. The lowest BCUT2D eigenvalue weighted by Crippen LogP contribution is -2.11. The third-order valence-corrected chi connectivity index (χ3v) is 3.15. The summed E-state index contributed by atoms with van der Waals surface area (Å²) in [6, 6.07) is 6.56. The summed E-state index contributed by atoms with van der Waals surface area (Å²) in [5.74, 6) is 1.70. The molecule has 0 aliphatic heterocycles. The Kier molecular flexibility index (Phi) is 5.09. The van der Waals surface area contributed by atoms with Gasteiger partial charge in [-0.2, -0.15) is 0 Å². The molecule has 0 amide bonds. The predicted molar refractivity (Wildman–Crippen MR) is 84.0 cm³/mol. The second-order valence-electron chi connectivity index (χ2n) is 5.15. The number of hydrogen-bond acceptors (Lipinski definition) is 4. The summed E-state index contributed by atoms with van der Waals surface area (Å²) in [5, 5.41) is 6.53. The van der Waals surface area contributed by atoms with Crippen molar-refractivity contribution in [3.63, 3.8) is 0 Å². The maximum atomic E-state index is 13.2. The van der Waals surface area contributed by atoms with Crippen LogP contribution >= 0.6 is 0 Å². The van der Waals surface area contributed by atoms with Gasteiger partial charge in [0.2, 0.25) is 0 Å². The zero-order valence-electron chi connectivity index (χ0n) is 12.7. The molecule has 0 saturated carbocycles. The van der Waals surface area contributed by atoms with Crippen molar-refractivity contribution in [2.75, 3.05) is 17.2 Å². The first-order chi connectivity index (χ1) is 10.1. The molecule has 2 N–H and O–H groups in total. The van der Waals surface area contributed by atoms with Crippen LogP contribution in [-0.2, 0) is 6.54 Å². The van der Waals surface area contributed by atoms with E-state index in [9.17, 15) is 4.39 Å². The van der Waals surface area contributed by atoms with E-state index in [1.54, 1.807) is 6.07 Å². The Bertz CT molecular complexity index is 599. The molecule has 1 heterocycles. The molecule has 0 radical (unpaired) electrons. The summed E-state index contributed by atoms with van der Waals surface area (Å²) in [4.78, 5) is 8.62. The summed E-state index contributed by atoms with van der Waals surface area (Å²) in [7, 11) is 0. The van der Waals surface area contributed by atoms with Crippen molar-refractivity contribution in [1.29, 1.82) is 0 Å². The van der Waals surface area contributed by atoms with Gasteiger partial charge in [0.05, 0.1) is 0 Å². The van der Waals surface area contributed by atoms with Crippen LogP contribution in [0.25, 0.3) is 0 Å². The Hall–Kier alpha value is -2.17. The van der Waals surface area contributed by atoms with Crippen molar-refractivity contribution < 1.29 is 4.39 Å². The lowest BCUT2D eigenvalue weighted by molar-refractivity contribution is 0.626. The zero-order valence-corrected chi connectivity index (χ0v) is 12.7. The largest absolute Gasteiger partial charge is 0.370 e. The van der Waals surface area contributed by atoms with Crippen LogP contribution in [0.4, 0.5) is 16.0 Å². The number of hydrogen-bond donors (Lipinski definition) is 2. The van der Waals surface area contributed by atoms with Gasteiger partial charge in [0.15, 0.2) is 0 Å². The molecule has 0 bridgehead atoms. The lowest BCUT2D eigenvalue weighted by atomic mass is 10.0. The van der Waals surface area contributed by atoms with Gasteiger partial charge in [-0.25, -0.2) is 14.4 Å². The van der Waals surface area contributed by atoms with Crippen LogP contribution in [-0.4, -0.2) is 16.5 Å². The SMILES string of the molecule is CCNc1ncnc(NCc2cccc(F)c2)c1C(C)C. The number of nitrogens with one attached hydrogen (secondary N) is 2. The highest BCUT2D eigenvalue weighted by Gasteiger charge is 2.14. The van der Waals surface area contributed by atoms with Crippen LogP contribution in [0.2, 0.25) is 0 Å². The van der Waals surface area contributed by atoms with E-state index in [1.165, 1.54) is 18.5 Å². The van der Waals surface area contributed by atoms with E-state index in [-0.39, 0.29) is 11.7 Å². The standard InChI is InChI=1S/C16H21FN4/c1-4-18-15-14(11(2)3)16(21-10-20-15)19-9-12-6-5-7-13(17)8-12/h5-8,10-11H,4,9H2,1-3H3,(H2,18,19,20,21). The van der Waals surface area contributed by atoms with Gasteiger partial charge in [0.1, 0.15) is 23.8 Å². The number of halogens is 1. The van der Waals surface area contributed by atoms with E-state index in [0.29, 0.717) is 6.54 Å². The first-order valence-corrected chi connectivity index (χ1v) is 7.19. The van der Waals surface area contributed by atoms with Crippen molar-refractivity contribution >= 4 is 11.6 Å². The van der Waals surface area contributed by atoms with Crippen molar-refractivity contribution in [3.05, 3.63) is 47.5 Å². The topological polar surface area (TPSA) is 49.8 Å². The fourth-order valence-corrected chi connectivity index (χ4v) is 2.22. The van der Waals surface area contributed by atoms with E-state index < -0.39 is 0 Å². The Labute approximate surface area is 124 Å². The van der Waals surface area contributed by atoms with Crippen LogP contribution in [0.15, 0.2) is 30.6 Å². The predicted octanol–water partition coefficient (Wildman–Crippen LogP) is 3.78. The van der Waals surface area contributed by atoms with Crippen LogP contribution < -0.4 is 10.6 Å². The van der Waals surface area contributed by atoms with Crippen molar-refractivity contribution in [3.8, 4) is 0 Å². The number of benzene rings is 1. The molecule has 0 aliphatic rings. The molecule has 21 heavy (non-hydrogen) atoms. The summed E-state index contributed by atoms with van der Waals surface area (Å²) in [6.45, 7) is 7.58. The Morgan fingerprint density at radius 1 is 1.14 bits per heavy atom. The quantitative estimate of drug-likeness (QED) is 0.849. The van der Waals surface area contributed by atoms with Gasteiger partial charge in [-0.1, -0.05) is 26.0 Å². The Morgan fingerprint density at radius 3 is 2.48 bits per heavy atom. The first-order valence-electron chi connectivity index (χ1n) is 7.19. The minimum Gasteiger partial charge on any atom is -0.370 e. The summed E-state index contributed by atoms with van der Waals surface area (Å²) in [5.41, 5.74) is 1.93. The average molecular weight is 288 g/mol.